The van der Waals surface area contributed by atoms with Gasteiger partial charge in [-0.05, 0) is 49.8 Å². The Hall–Kier alpha value is -1.02. The molecule has 2 unspecified atom stereocenters. The number of benzene rings is 1. The van der Waals surface area contributed by atoms with Gasteiger partial charge in [-0.15, -0.1) is 0 Å². The van der Waals surface area contributed by atoms with Crippen LogP contribution in [0.1, 0.15) is 44.6 Å². The molecule has 84 valence electrons. The Morgan fingerprint density at radius 1 is 1.13 bits per heavy atom. The summed E-state index contributed by atoms with van der Waals surface area (Å²) in [6.07, 6.45) is 3.41. The SMILES string of the molecule is CCC(CCC(C)N)c1ccc(N)cc1. The summed E-state index contributed by atoms with van der Waals surface area (Å²) >= 11 is 0. The molecule has 0 bridgehead atoms. The molecule has 15 heavy (non-hydrogen) atoms. The predicted octanol–water partition coefficient (Wildman–Crippen LogP) is 2.89. The molecule has 1 aromatic rings. The largest absolute Gasteiger partial charge is 0.399 e. The van der Waals surface area contributed by atoms with Crippen molar-refractivity contribution in [3.63, 3.8) is 0 Å². The second kappa shape index (κ2) is 5.76. The summed E-state index contributed by atoms with van der Waals surface area (Å²) in [5.41, 5.74) is 13.7. The van der Waals surface area contributed by atoms with E-state index in [-0.39, 0.29) is 0 Å². The zero-order chi connectivity index (χ0) is 11.3. The van der Waals surface area contributed by atoms with Gasteiger partial charge >= 0.3 is 0 Å². The normalized spacial score (nSPS) is 14.9. The second-order valence-electron chi connectivity index (χ2n) is 4.33. The smallest absolute Gasteiger partial charge is 0.0314 e. The first-order valence-electron chi connectivity index (χ1n) is 5.74. The molecule has 0 saturated carbocycles. The molecule has 2 nitrogen and oxygen atoms in total. The maximum absolute atomic E-state index is 5.78. The van der Waals surface area contributed by atoms with E-state index in [9.17, 15) is 0 Å². The van der Waals surface area contributed by atoms with Crippen LogP contribution >= 0.6 is 0 Å². The Morgan fingerprint density at radius 3 is 2.20 bits per heavy atom. The van der Waals surface area contributed by atoms with Gasteiger partial charge in [-0.25, -0.2) is 0 Å². The van der Waals surface area contributed by atoms with Crippen LogP contribution in [0.15, 0.2) is 24.3 Å². The summed E-state index contributed by atoms with van der Waals surface area (Å²) in [7, 11) is 0. The Balaban J connectivity index is 2.61. The Labute approximate surface area is 92.7 Å². The van der Waals surface area contributed by atoms with Crippen LogP contribution in [0.3, 0.4) is 0 Å². The lowest BCUT2D eigenvalue weighted by Gasteiger charge is -2.16. The fraction of sp³-hybridized carbons (Fsp3) is 0.538. The van der Waals surface area contributed by atoms with Gasteiger partial charge in [0.1, 0.15) is 0 Å². The lowest BCUT2D eigenvalue weighted by molar-refractivity contribution is 0.532. The minimum atomic E-state index is 0.299. The van der Waals surface area contributed by atoms with E-state index in [1.807, 2.05) is 12.1 Å². The van der Waals surface area contributed by atoms with E-state index < -0.39 is 0 Å². The summed E-state index contributed by atoms with van der Waals surface area (Å²) in [6.45, 7) is 4.29. The molecular weight excluding hydrogens is 184 g/mol. The maximum Gasteiger partial charge on any atom is 0.0314 e. The van der Waals surface area contributed by atoms with Gasteiger partial charge in [-0.3, -0.25) is 0 Å². The molecule has 0 aliphatic carbocycles. The quantitative estimate of drug-likeness (QED) is 0.728. The summed E-state index contributed by atoms with van der Waals surface area (Å²) < 4.78 is 0. The first-order valence-corrected chi connectivity index (χ1v) is 5.74. The monoisotopic (exact) mass is 206 g/mol. The molecule has 2 heteroatoms. The van der Waals surface area contributed by atoms with E-state index >= 15 is 0 Å². The number of rotatable bonds is 5. The summed E-state index contributed by atoms with van der Waals surface area (Å²) in [5.74, 6) is 0.622. The molecule has 0 saturated heterocycles. The van der Waals surface area contributed by atoms with Crippen molar-refractivity contribution in [3.8, 4) is 0 Å². The second-order valence-corrected chi connectivity index (χ2v) is 4.33. The molecule has 0 aliphatic heterocycles. The van der Waals surface area contributed by atoms with E-state index in [0.717, 1.165) is 24.9 Å². The van der Waals surface area contributed by atoms with E-state index in [2.05, 4.69) is 26.0 Å². The summed E-state index contributed by atoms with van der Waals surface area (Å²) in [6, 6.07) is 8.51. The highest BCUT2D eigenvalue weighted by molar-refractivity contribution is 5.40. The molecule has 0 amide bonds. The van der Waals surface area contributed by atoms with Crippen LogP contribution in [0.5, 0.6) is 0 Å². The molecule has 0 aromatic heterocycles. The van der Waals surface area contributed by atoms with Gasteiger partial charge < -0.3 is 11.5 Å². The van der Waals surface area contributed by atoms with Crippen molar-refractivity contribution >= 4 is 5.69 Å². The molecule has 0 heterocycles. The van der Waals surface area contributed by atoms with Crippen LogP contribution in [-0.4, -0.2) is 6.04 Å². The minimum Gasteiger partial charge on any atom is -0.399 e. The van der Waals surface area contributed by atoms with Crippen LogP contribution in [-0.2, 0) is 0 Å². The number of nitrogens with two attached hydrogens (primary N) is 2. The first-order chi connectivity index (χ1) is 7.13. The zero-order valence-electron chi connectivity index (χ0n) is 9.74. The molecule has 0 fully saturated rings. The van der Waals surface area contributed by atoms with Crippen LogP contribution in [0.25, 0.3) is 0 Å². The highest BCUT2D eigenvalue weighted by Crippen LogP contribution is 2.25. The lowest BCUT2D eigenvalue weighted by atomic mass is 9.90. The van der Waals surface area contributed by atoms with Gasteiger partial charge in [0, 0.05) is 11.7 Å². The highest BCUT2D eigenvalue weighted by atomic mass is 14.6. The third-order valence-electron chi connectivity index (χ3n) is 2.87. The van der Waals surface area contributed by atoms with E-state index in [4.69, 9.17) is 11.5 Å². The number of anilines is 1. The zero-order valence-corrected chi connectivity index (χ0v) is 9.74. The van der Waals surface area contributed by atoms with Crippen molar-refractivity contribution < 1.29 is 0 Å². The van der Waals surface area contributed by atoms with Crippen LogP contribution in [0.4, 0.5) is 5.69 Å². The molecule has 1 aromatic carbocycles. The van der Waals surface area contributed by atoms with Gasteiger partial charge in [0.2, 0.25) is 0 Å². The van der Waals surface area contributed by atoms with Gasteiger partial charge in [0.15, 0.2) is 0 Å². The third kappa shape index (κ3) is 3.92. The Kier molecular flexibility index (Phi) is 4.63. The topological polar surface area (TPSA) is 52.0 Å². The highest BCUT2D eigenvalue weighted by Gasteiger charge is 2.09. The summed E-state index contributed by atoms with van der Waals surface area (Å²) in [4.78, 5) is 0. The predicted molar refractivity (Wildman–Crippen MR) is 66.8 cm³/mol. The minimum absolute atomic E-state index is 0.299. The maximum atomic E-state index is 5.78. The van der Waals surface area contributed by atoms with Crippen molar-refractivity contribution in [2.45, 2.75) is 45.1 Å². The number of nitrogen functional groups attached to an aromatic ring is 1. The van der Waals surface area contributed by atoms with E-state index in [0.29, 0.717) is 12.0 Å². The number of hydrogen-bond donors (Lipinski definition) is 2. The van der Waals surface area contributed by atoms with E-state index in [1.54, 1.807) is 0 Å². The number of hydrogen-bond acceptors (Lipinski definition) is 2. The Bertz CT molecular complexity index is 277. The molecular formula is C13H22N2. The van der Waals surface area contributed by atoms with Gasteiger partial charge in [-0.2, -0.15) is 0 Å². The Morgan fingerprint density at radius 2 is 1.73 bits per heavy atom. The molecule has 0 radical (unpaired) electrons. The molecule has 0 spiro atoms. The van der Waals surface area contributed by atoms with Crippen LogP contribution in [0, 0.1) is 0 Å². The van der Waals surface area contributed by atoms with Crippen molar-refractivity contribution in [1.29, 1.82) is 0 Å². The standard InChI is InChI=1S/C13H22N2/c1-3-11(5-4-10(2)14)12-6-8-13(15)9-7-12/h6-11H,3-5,14-15H2,1-2H3. The average molecular weight is 206 g/mol. The molecule has 2 atom stereocenters. The molecule has 0 aliphatic rings. The van der Waals surface area contributed by atoms with Crippen molar-refractivity contribution in [3.05, 3.63) is 29.8 Å². The van der Waals surface area contributed by atoms with Crippen molar-refractivity contribution in [1.82, 2.24) is 0 Å². The fourth-order valence-electron chi connectivity index (χ4n) is 1.84. The van der Waals surface area contributed by atoms with Gasteiger partial charge in [-0.1, -0.05) is 19.1 Å². The van der Waals surface area contributed by atoms with Crippen LogP contribution in [0.2, 0.25) is 0 Å². The third-order valence-corrected chi connectivity index (χ3v) is 2.87. The average Bonchev–Trinajstić information content (AvgIpc) is 2.21. The van der Waals surface area contributed by atoms with Gasteiger partial charge in [0.05, 0.1) is 0 Å². The van der Waals surface area contributed by atoms with Crippen molar-refractivity contribution in [2.75, 3.05) is 5.73 Å². The van der Waals surface area contributed by atoms with Crippen LogP contribution < -0.4 is 11.5 Å². The van der Waals surface area contributed by atoms with Gasteiger partial charge in [0.25, 0.3) is 0 Å². The molecule has 4 N–H and O–H groups in total. The fourth-order valence-corrected chi connectivity index (χ4v) is 1.84. The first kappa shape index (κ1) is 12.1. The molecule has 1 rings (SSSR count). The summed E-state index contributed by atoms with van der Waals surface area (Å²) in [5, 5.41) is 0. The van der Waals surface area contributed by atoms with Crippen molar-refractivity contribution in [2.24, 2.45) is 5.73 Å². The van der Waals surface area contributed by atoms with E-state index in [1.165, 1.54) is 5.56 Å². The lowest BCUT2D eigenvalue weighted by Crippen LogP contribution is -2.15.